The molecule has 14 heteroatoms. The number of ketones is 2. The summed E-state index contributed by atoms with van der Waals surface area (Å²) in [6, 6.07) is 2.81. The summed E-state index contributed by atoms with van der Waals surface area (Å²) in [7, 11) is 9.52. The van der Waals surface area contributed by atoms with Crippen molar-refractivity contribution in [2.24, 2.45) is 34.7 Å². The first-order valence-corrected chi connectivity index (χ1v) is 19.9. The van der Waals surface area contributed by atoms with Gasteiger partial charge in [-0.25, -0.2) is 4.39 Å². The summed E-state index contributed by atoms with van der Waals surface area (Å²) in [6.45, 7) is 13.9. The number of nitrogens with one attached hydrogen (secondary N) is 1. The third kappa shape index (κ3) is 12.3. The minimum atomic E-state index is -0.703. The predicted octanol–water partition coefficient (Wildman–Crippen LogP) is 5.38. The number of methoxy groups -OCH3 is 4. The lowest BCUT2D eigenvalue weighted by Gasteiger charge is -2.41. The highest BCUT2D eigenvalue weighted by Crippen LogP contribution is 2.32. The van der Waals surface area contributed by atoms with Gasteiger partial charge in [0.2, 0.25) is 11.8 Å². The van der Waals surface area contributed by atoms with Gasteiger partial charge in [-0.1, -0.05) is 60.0 Å². The fraction of sp³-hybridized carbons (Fsp3) is 0.738. The van der Waals surface area contributed by atoms with Gasteiger partial charge in [0, 0.05) is 77.6 Å². The molecule has 2 rings (SSSR count). The largest absolute Gasteiger partial charge is 0.497 e. The minimum absolute atomic E-state index is 0.0113. The predicted molar refractivity (Wildman–Crippen MR) is 213 cm³/mol. The van der Waals surface area contributed by atoms with Gasteiger partial charge >= 0.3 is 0 Å². The molecule has 1 heterocycles. The summed E-state index contributed by atoms with van der Waals surface area (Å²) in [6.07, 6.45) is -0.555. The second kappa shape index (κ2) is 23.1. The maximum absolute atomic E-state index is 14.8. The number of carbonyl (C=O) groups excluding carboxylic acids is 4. The Morgan fingerprint density at radius 2 is 1.64 bits per heavy atom. The maximum Gasteiger partial charge on any atom is 0.226 e. The van der Waals surface area contributed by atoms with Crippen molar-refractivity contribution >= 4 is 29.1 Å². The zero-order valence-corrected chi connectivity index (χ0v) is 36.0. The number of benzene rings is 1. The fourth-order valence-corrected chi connectivity index (χ4v) is 8.14. The van der Waals surface area contributed by atoms with Crippen LogP contribution in [-0.2, 0) is 33.4 Å². The number of hydrogen-bond donors (Lipinski definition) is 2. The first-order chi connectivity index (χ1) is 26.5. The van der Waals surface area contributed by atoms with E-state index in [1.807, 2.05) is 41.5 Å². The van der Waals surface area contributed by atoms with E-state index in [0.29, 0.717) is 18.6 Å². The molecule has 56 heavy (non-hydrogen) atoms. The molecule has 0 aliphatic carbocycles. The molecule has 0 saturated carbocycles. The molecule has 1 fully saturated rings. The van der Waals surface area contributed by atoms with Crippen molar-refractivity contribution in [3.05, 3.63) is 29.6 Å². The van der Waals surface area contributed by atoms with Crippen LogP contribution < -0.4 is 10.1 Å². The lowest BCUT2D eigenvalue weighted by Crippen LogP contribution is -2.54. The Kier molecular flexibility index (Phi) is 20.1. The molecule has 0 unspecified atom stereocenters. The van der Waals surface area contributed by atoms with Crippen molar-refractivity contribution in [3.63, 3.8) is 0 Å². The SMILES string of the molecule is CC[C@H](C)[C@@H]([C@@H](CC(=O)N1C[C@H](OC)C[C@H]1[C@H](OC)[C@@H](C)C(=O)CC/C(=N/O)c1ccc(OC)cc1F)OC)N(C)C(=O)[C@@H](CC(=O)[C@@H](NC)C(C)C)C(C)C. The van der Waals surface area contributed by atoms with Gasteiger partial charge in [0.1, 0.15) is 17.3 Å². The smallest absolute Gasteiger partial charge is 0.226 e. The monoisotopic (exact) mass is 793 g/mol. The van der Waals surface area contributed by atoms with Gasteiger partial charge in [-0.15, -0.1) is 0 Å². The number of nitrogens with zero attached hydrogens (tertiary/aromatic N) is 3. The van der Waals surface area contributed by atoms with Crippen LogP contribution >= 0.6 is 0 Å². The second-order valence-electron chi connectivity index (χ2n) is 15.9. The molecule has 1 aromatic rings. The van der Waals surface area contributed by atoms with Crippen LogP contribution in [0.1, 0.15) is 92.6 Å². The van der Waals surface area contributed by atoms with Crippen molar-refractivity contribution in [1.82, 2.24) is 15.1 Å². The van der Waals surface area contributed by atoms with Crippen LogP contribution in [0.25, 0.3) is 0 Å². The fourth-order valence-electron chi connectivity index (χ4n) is 8.14. The number of Topliss-reactive ketones (excluding diaryl/α,β-unsaturated/α-hetero) is 2. The van der Waals surface area contributed by atoms with Crippen LogP contribution in [0, 0.1) is 35.4 Å². The van der Waals surface area contributed by atoms with Crippen molar-refractivity contribution < 1.29 is 47.7 Å². The van der Waals surface area contributed by atoms with Crippen LogP contribution in [0.15, 0.2) is 23.4 Å². The van der Waals surface area contributed by atoms with E-state index in [2.05, 4.69) is 10.5 Å². The highest BCUT2D eigenvalue weighted by atomic mass is 19.1. The summed E-state index contributed by atoms with van der Waals surface area (Å²) >= 11 is 0. The Morgan fingerprint density at radius 1 is 0.982 bits per heavy atom. The van der Waals surface area contributed by atoms with Crippen molar-refractivity contribution in [2.75, 3.05) is 49.1 Å². The number of carbonyl (C=O) groups is 4. The summed E-state index contributed by atoms with van der Waals surface area (Å²) in [5.74, 6) is -2.26. The lowest BCUT2D eigenvalue weighted by molar-refractivity contribution is -0.149. The Morgan fingerprint density at radius 3 is 2.12 bits per heavy atom. The molecule has 1 saturated heterocycles. The zero-order valence-electron chi connectivity index (χ0n) is 36.0. The molecule has 1 aliphatic heterocycles. The van der Waals surface area contributed by atoms with Gasteiger partial charge in [0.05, 0.1) is 55.7 Å². The molecule has 0 spiro atoms. The number of ether oxygens (including phenoxy) is 4. The first-order valence-electron chi connectivity index (χ1n) is 19.9. The van der Waals surface area contributed by atoms with Gasteiger partial charge in [-0.2, -0.15) is 0 Å². The van der Waals surface area contributed by atoms with Gasteiger partial charge in [-0.3, -0.25) is 19.2 Å². The summed E-state index contributed by atoms with van der Waals surface area (Å²) in [4.78, 5) is 59.0. The molecular formula is C42H69FN4O9. The number of halogens is 1. The molecule has 9 atom stereocenters. The van der Waals surface area contributed by atoms with Crippen LogP contribution in [0.5, 0.6) is 5.75 Å². The topological polar surface area (TPSA) is 156 Å². The summed E-state index contributed by atoms with van der Waals surface area (Å²) < 4.78 is 37.5. The minimum Gasteiger partial charge on any atom is -0.497 e. The summed E-state index contributed by atoms with van der Waals surface area (Å²) in [5, 5.41) is 16.1. The van der Waals surface area contributed by atoms with E-state index >= 15 is 0 Å². The van der Waals surface area contributed by atoms with Crippen molar-refractivity contribution in [3.8, 4) is 5.75 Å². The lowest BCUT2D eigenvalue weighted by atomic mass is 9.84. The van der Waals surface area contributed by atoms with Gasteiger partial charge in [0.25, 0.3) is 0 Å². The quantitative estimate of drug-likeness (QED) is 0.0792. The van der Waals surface area contributed by atoms with Crippen molar-refractivity contribution in [1.29, 1.82) is 0 Å². The number of likely N-dealkylation sites (N-methyl/N-ethyl adjacent to an activating group) is 2. The highest BCUT2D eigenvalue weighted by Gasteiger charge is 2.45. The summed E-state index contributed by atoms with van der Waals surface area (Å²) in [5.41, 5.74) is 0.0794. The zero-order chi connectivity index (χ0) is 42.4. The van der Waals surface area contributed by atoms with Crippen LogP contribution in [-0.4, -0.2) is 130 Å². The molecule has 2 N–H and O–H groups in total. The Labute approximate surface area is 334 Å². The molecule has 1 aromatic carbocycles. The normalized spacial score (nSPS) is 20.0. The third-order valence-corrected chi connectivity index (χ3v) is 11.8. The third-order valence-electron chi connectivity index (χ3n) is 11.8. The molecule has 0 bridgehead atoms. The number of rotatable bonds is 24. The van der Waals surface area contributed by atoms with E-state index in [-0.39, 0.29) is 96.8 Å². The highest BCUT2D eigenvalue weighted by molar-refractivity contribution is 6.02. The molecule has 1 aliphatic rings. The van der Waals surface area contributed by atoms with E-state index in [1.54, 1.807) is 44.0 Å². The van der Waals surface area contributed by atoms with E-state index in [4.69, 9.17) is 18.9 Å². The second-order valence-corrected chi connectivity index (χ2v) is 15.9. The Balaban J connectivity index is 2.32. The average Bonchev–Trinajstić information content (AvgIpc) is 3.61. The van der Waals surface area contributed by atoms with Gasteiger partial charge < -0.3 is 39.3 Å². The van der Waals surface area contributed by atoms with Crippen molar-refractivity contribution in [2.45, 2.75) is 123 Å². The molecule has 13 nitrogen and oxygen atoms in total. The maximum atomic E-state index is 14.8. The van der Waals surface area contributed by atoms with Crippen LogP contribution in [0.2, 0.25) is 0 Å². The van der Waals surface area contributed by atoms with Crippen LogP contribution in [0.3, 0.4) is 0 Å². The Hall–Kier alpha value is -3.46. The van der Waals surface area contributed by atoms with Crippen LogP contribution in [0.4, 0.5) is 4.39 Å². The van der Waals surface area contributed by atoms with E-state index in [9.17, 15) is 28.8 Å². The standard InChI is InChI=1S/C42H69FN4O9/c1-14-26(6)40(46(9)42(51)31(24(2)3)21-36(49)39(44-8)25(4)5)37(55-12)22-38(50)47-23-29(54-11)20-34(47)41(56-13)27(7)35(48)18-17-33(45-52)30-16-15-28(53-10)19-32(30)43/h15-16,19,24-27,29,31,34,37,39-41,44,52H,14,17-18,20-23H2,1-13H3/b45-33-/t26-,27-,29+,31-,34-,37+,39-,40-,41+/m0/s1. The molecule has 2 amide bonds. The molecule has 0 radical (unpaired) electrons. The van der Waals surface area contributed by atoms with E-state index in [0.717, 1.165) is 0 Å². The molecular weight excluding hydrogens is 723 g/mol. The first kappa shape index (κ1) is 48.7. The Bertz CT molecular complexity index is 1470. The van der Waals surface area contributed by atoms with Gasteiger partial charge in [0.15, 0.2) is 5.78 Å². The number of oxime groups is 1. The van der Waals surface area contributed by atoms with Gasteiger partial charge in [-0.05, 0) is 43.4 Å². The number of likely N-dealkylation sites (tertiary alicyclic amines) is 1. The molecule has 318 valence electrons. The van der Waals surface area contributed by atoms with E-state index in [1.165, 1.54) is 33.5 Å². The van der Waals surface area contributed by atoms with E-state index < -0.39 is 41.9 Å². The average molecular weight is 793 g/mol. The molecule has 0 aromatic heterocycles. The number of amides is 2. The number of hydrogen-bond acceptors (Lipinski definition) is 11.